The van der Waals surface area contributed by atoms with Crippen molar-refractivity contribution >= 4 is 5.91 Å². The van der Waals surface area contributed by atoms with Gasteiger partial charge in [0.05, 0.1) is 5.69 Å². The molecule has 0 unspecified atom stereocenters. The van der Waals surface area contributed by atoms with Crippen LogP contribution in [0.1, 0.15) is 65.3 Å². The topological polar surface area (TPSA) is 72.7 Å². The van der Waals surface area contributed by atoms with Crippen LogP contribution in [-0.2, 0) is 6.54 Å². The summed E-state index contributed by atoms with van der Waals surface area (Å²) >= 11 is 0. The van der Waals surface area contributed by atoms with Crippen LogP contribution in [0.15, 0.2) is 18.5 Å². The molecule has 0 aromatic carbocycles. The molecule has 1 aliphatic carbocycles. The standard InChI is InChI=1S/C18H25N5O/c1-13-10-14(2)17(20-11-13)18(24)19-8-4-3-5-9-23-12-16(21-22-23)15-6-7-15/h10-12,15H,3-9H2,1-2H3,(H,19,24). The van der Waals surface area contributed by atoms with Gasteiger partial charge in [-0.25, -0.2) is 0 Å². The Morgan fingerprint density at radius 2 is 2.12 bits per heavy atom. The Hall–Kier alpha value is -2.24. The Morgan fingerprint density at radius 1 is 1.29 bits per heavy atom. The molecule has 6 nitrogen and oxygen atoms in total. The number of carbonyl (C=O) groups excluding carboxylic acids is 1. The van der Waals surface area contributed by atoms with E-state index >= 15 is 0 Å². The highest BCUT2D eigenvalue weighted by Crippen LogP contribution is 2.38. The van der Waals surface area contributed by atoms with Gasteiger partial charge in [0, 0.05) is 31.4 Å². The lowest BCUT2D eigenvalue weighted by Gasteiger charge is -2.07. The van der Waals surface area contributed by atoms with E-state index in [1.54, 1.807) is 6.20 Å². The molecular weight excluding hydrogens is 302 g/mol. The predicted molar refractivity (Wildman–Crippen MR) is 91.9 cm³/mol. The molecule has 0 spiro atoms. The quantitative estimate of drug-likeness (QED) is 0.757. The largest absolute Gasteiger partial charge is 0.351 e. The molecule has 2 aromatic heterocycles. The normalized spacial score (nSPS) is 13.9. The van der Waals surface area contributed by atoms with Crippen LogP contribution < -0.4 is 5.32 Å². The maximum Gasteiger partial charge on any atom is 0.270 e. The third-order valence-electron chi connectivity index (χ3n) is 4.33. The third kappa shape index (κ3) is 4.40. The van der Waals surface area contributed by atoms with Gasteiger partial charge < -0.3 is 5.32 Å². The van der Waals surface area contributed by atoms with E-state index in [2.05, 4.69) is 26.8 Å². The Balaban J connectivity index is 1.32. The van der Waals surface area contributed by atoms with Crippen molar-refractivity contribution in [1.29, 1.82) is 0 Å². The van der Waals surface area contributed by atoms with Crippen molar-refractivity contribution in [1.82, 2.24) is 25.3 Å². The summed E-state index contributed by atoms with van der Waals surface area (Å²) in [4.78, 5) is 16.3. The van der Waals surface area contributed by atoms with Crippen LogP contribution >= 0.6 is 0 Å². The molecular formula is C18H25N5O. The molecule has 3 rings (SSSR count). The minimum Gasteiger partial charge on any atom is -0.351 e. The summed E-state index contributed by atoms with van der Waals surface area (Å²) in [6.45, 7) is 5.47. The fourth-order valence-corrected chi connectivity index (χ4v) is 2.80. The Labute approximate surface area is 142 Å². The van der Waals surface area contributed by atoms with E-state index in [0.717, 1.165) is 42.6 Å². The molecule has 0 aliphatic heterocycles. The van der Waals surface area contributed by atoms with Crippen LogP contribution in [0, 0.1) is 13.8 Å². The van der Waals surface area contributed by atoms with Gasteiger partial charge in [0.1, 0.15) is 5.69 Å². The van der Waals surface area contributed by atoms with E-state index in [0.29, 0.717) is 18.2 Å². The molecule has 0 atom stereocenters. The molecule has 1 saturated carbocycles. The van der Waals surface area contributed by atoms with Crippen molar-refractivity contribution in [3.05, 3.63) is 41.0 Å². The van der Waals surface area contributed by atoms with Crippen LogP contribution in [0.4, 0.5) is 0 Å². The number of hydrogen-bond donors (Lipinski definition) is 1. The molecule has 0 radical (unpaired) electrons. The second-order valence-corrected chi connectivity index (χ2v) is 6.68. The van der Waals surface area contributed by atoms with Gasteiger partial charge in [-0.15, -0.1) is 5.10 Å². The van der Waals surface area contributed by atoms with Gasteiger partial charge in [-0.05, 0) is 57.1 Å². The molecule has 0 saturated heterocycles. The number of carbonyl (C=O) groups is 1. The molecule has 6 heteroatoms. The summed E-state index contributed by atoms with van der Waals surface area (Å²) in [5.74, 6) is 0.575. The van der Waals surface area contributed by atoms with Gasteiger partial charge in [0.15, 0.2) is 0 Å². The second-order valence-electron chi connectivity index (χ2n) is 6.68. The summed E-state index contributed by atoms with van der Waals surface area (Å²) in [5, 5.41) is 11.3. The highest BCUT2D eigenvalue weighted by atomic mass is 16.1. The molecule has 128 valence electrons. The first-order valence-electron chi connectivity index (χ1n) is 8.75. The maximum atomic E-state index is 12.1. The molecule has 1 amide bonds. The van der Waals surface area contributed by atoms with Gasteiger partial charge in [0.2, 0.25) is 0 Å². The van der Waals surface area contributed by atoms with Gasteiger partial charge in [-0.2, -0.15) is 0 Å². The number of nitrogens with zero attached hydrogens (tertiary/aromatic N) is 4. The summed E-state index contributed by atoms with van der Waals surface area (Å²) in [5.41, 5.74) is 3.66. The molecule has 2 aromatic rings. The number of rotatable bonds is 8. The van der Waals surface area contributed by atoms with E-state index in [1.807, 2.05) is 24.6 Å². The van der Waals surface area contributed by atoms with E-state index < -0.39 is 0 Å². The van der Waals surface area contributed by atoms with Crippen LogP contribution in [-0.4, -0.2) is 32.4 Å². The van der Waals surface area contributed by atoms with E-state index in [1.165, 1.54) is 12.8 Å². The van der Waals surface area contributed by atoms with Crippen LogP contribution in [0.5, 0.6) is 0 Å². The fourth-order valence-electron chi connectivity index (χ4n) is 2.80. The maximum absolute atomic E-state index is 12.1. The lowest BCUT2D eigenvalue weighted by molar-refractivity contribution is 0.0947. The van der Waals surface area contributed by atoms with E-state index in [-0.39, 0.29) is 5.91 Å². The number of pyridine rings is 1. The number of aromatic nitrogens is 4. The fraction of sp³-hybridized carbons (Fsp3) is 0.556. The highest BCUT2D eigenvalue weighted by molar-refractivity contribution is 5.93. The minimum atomic E-state index is -0.0853. The average molecular weight is 327 g/mol. The Bertz CT molecular complexity index is 705. The summed E-state index contributed by atoms with van der Waals surface area (Å²) < 4.78 is 1.94. The number of aryl methyl sites for hydroxylation is 3. The summed E-state index contributed by atoms with van der Waals surface area (Å²) in [7, 11) is 0. The highest BCUT2D eigenvalue weighted by Gasteiger charge is 2.26. The lowest BCUT2D eigenvalue weighted by Crippen LogP contribution is -2.26. The monoisotopic (exact) mass is 327 g/mol. The predicted octanol–water partition coefficient (Wildman–Crippen LogP) is 2.77. The van der Waals surface area contributed by atoms with Crippen LogP contribution in [0.3, 0.4) is 0 Å². The number of hydrogen-bond acceptors (Lipinski definition) is 4. The smallest absolute Gasteiger partial charge is 0.270 e. The van der Waals surface area contributed by atoms with Crippen molar-refractivity contribution < 1.29 is 4.79 Å². The number of amides is 1. The zero-order valence-electron chi connectivity index (χ0n) is 14.5. The van der Waals surface area contributed by atoms with Crippen molar-refractivity contribution in [2.75, 3.05) is 6.54 Å². The summed E-state index contributed by atoms with van der Waals surface area (Å²) in [6.07, 6.45) is 9.38. The van der Waals surface area contributed by atoms with Gasteiger partial charge in [0.25, 0.3) is 5.91 Å². The number of unbranched alkanes of at least 4 members (excludes halogenated alkanes) is 2. The SMILES string of the molecule is Cc1cnc(C(=O)NCCCCCn2cc(C3CC3)nn2)c(C)c1. The van der Waals surface area contributed by atoms with Crippen molar-refractivity contribution in [2.45, 2.75) is 58.4 Å². The molecule has 1 fully saturated rings. The first-order valence-corrected chi connectivity index (χ1v) is 8.75. The van der Waals surface area contributed by atoms with Crippen molar-refractivity contribution in [3.63, 3.8) is 0 Å². The van der Waals surface area contributed by atoms with Crippen LogP contribution in [0.25, 0.3) is 0 Å². The third-order valence-corrected chi connectivity index (χ3v) is 4.33. The van der Waals surface area contributed by atoms with E-state index in [4.69, 9.17) is 0 Å². The average Bonchev–Trinajstić information content (AvgIpc) is 3.29. The molecule has 2 heterocycles. The lowest BCUT2D eigenvalue weighted by atomic mass is 10.1. The van der Waals surface area contributed by atoms with Gasteiger partial charge in [-0.1, -0.05) is 11.3 Å². The minimum absolute atomic E-state index is 0.0853. The Morgan fingerprint density at radius 3 is 2.88 bits per heavy atom. The molecule has 1 aliphatic rings. The van der Waals surface area contributed by atoms with Crippen molar-refractivity contribution in [2.24, 2.45) is 0 Å². The first-order chi connectivity index (χ1) is 11.6. The van der Waals surface area contributed by atoms with Crippen molar-refractivity contribution in [3.8, 4) is 0 Å². The van der Waals surface area contributed by atoms with Gasteiger partial charge in [-0.3, -0.25) is 14.5 Å². The summed E-state index contributed by atoms with van der Waals surface area (Å²) in [6, 6.07) is 1.98. The second kappa shape index (κ2) is 7.55. The van der Waals surface area contributed by atoms with Gasteiger partial charge >= 0.3 is 0 Å². The van der Waals surface area contributed by atoms with Crippen LogP contribution in [0.2, 0.25) is 0 Å². The molecule has 0 bridgehead atoms. The van der Waals surface area contributed by atoms with E-state index in [9.17, 15) is 4.79 Å². The molecule has 24 heavy (non-hydrogen) atoms. The molecule has 1 N–H and O–H groups in total. The number of nitrogens with one attached hydrogen (secondary N) is 1. The zero-order valence-corrected chi connectivity index (χ0v) is 14.5. The first kappa shape index (κ1) is 16.6. The Kier molecular flexibility index (Phi) is 5.23. The zero-order chi connectivity index (χ0) is 16.9.